The monoisotopic (exact) mass is 295 g/mol. The van der Waals surface area contributed by atoms with Crippen LogP contribution in [0.4, 0.5) is 5.82 Å². The van der Waals surface area contributed by atoms with E-state index in [1.165, 1.54) is 26.1 Å². The molecular formula is C18H21N3O. The van der Waals surface area contributed by atoms with Gasteiger partial charge in [-0.05, 0) is 30.9 Å². The lowest BCUT2D eigenvalue weighted by atomic mass is 9.80. The quantitative estimate of drug-likeness (QED) is 0.795. The van der Waals surface area contributed by atoms with E-state index in [4.69, 9.17) is 0 Å². The molecule has 4 nitrogen and oxygen atoms in total. The number of benzene rings is 1. The Labute approximate surface area is 130 Å². The highest BCUT2D eigenvalue weighted by atomic mass is 16.1. The van der Waals surface area contributed by atoms with Gasteiger partial charge in [0, 0.05) is 38.1 Å². The summed E-state index contributed by atoms with van der Waals surface area (Å²) in [4.78, 5) is 17.0. The van der Waals surface area contributed by atoms with Crippen LogP contribution >= 0.6 is 0 Å². The lowest BCUT2D eigenvalue weighted by molar-refractivity contribution is 0.0722. The molecule has 4 fully saturated rings. The maximum atomic E-state index is 11.8. The Hall–Kier alpha value is -1.81. The van der Waals surface area contributed by atoms with Crippen molar-refractivity contribution < 1.29 is 4.79 Å². The average Bonchev–Trinajstić information content (AvgIpc) is 2.99. The molecule has 2 aromatic rings. The van der Waals surface area contributed by atoms with E-state index in [0.29, 0.717) is 6.04 Å². The number of para-hydroxylation sites is 1. The molecule has 5 heterocycles. The Bertz CT molecular complexity index is 765. The van der Waals surface area contributed by atoms with Crippen LogP contribution in [0.1, 0.15) is 16.8 Å². The van der Waals surface area contributed by atoms with Crippen molar-refractivity contribution in [2.24, 2.45) is 18.9 Å². The molecule has 114 valence electrons. The number of carbonyl (C=O) groups is 1. The molecule has 0 spiro atoms. The third kappa shape index (κ3) is 1.48. The van der Waals surface area contributed by atoms with Gasteiger partial charge in [0.05, 0.1) is 11.1 Å². The summed E-state index contributed by atoms with van der Waals surface area (Å²) in [6, 6.07) is 8.85. The van der Waals surface area contributed by atoms with Gasteiger partial charge >= 0.3 is 0 Å². The first kappa shape index (κ1) is 12.7. The third-order valence-corrected chi connectivity index (χ3v) is 6.15. The number of carbonyl (C=O) groups excluding carboxylic acids is 1. The van der Waals surface area contributed by atoms with Gasteiger partial charge < -0.3 is 14.4 Å². The number of hydrogen-bond donors (Lipinski definition) is 0. The fourth-order valence-electron chi connectivity index (χ4n) is 5.23. The van der Waals surface area contributed by atoms with E-state index in [-0.39, 0.29) is 0 Å². The number of anilines is 1. The molecule has 4 aliphatic heterocycles. The maximum absolute atomic E-state index is 11.8. The van der Waals surface area contributed by atoms with Crippen molar-refractivity contribution in [2.75, 3.05) is 31.1 Å². The van der Waals surface area contributed by atoms with Crippen molar-refractivity contribution in [3.05, 3.63) is 29.8 Å². The summed E-state index contributed by atoms with van der Waals surface area (Å²) in [7, 11) is 2.10. The summed E-state index contributed by atoms with van der Waals surface area (Å²) in [5.41, 5.74) is 2.03. The van der Waals surface area contributed by atoms with Crippen LogP contribution < -0.4 is 4.90 Å². The summed E-state index contributed by atoms with van der Waals surface area (Å²) in [5, 5.41) is 1.09. The summed E-state index contributed by atoms with van der Waals surface area (Å²) < 4.78 is 2.22. The van der Waals surface area contributed by atoms with Crippen LogP contribution in [0.2, 0.25) is 0 Å². The Morgan fingerprint density at radius 1 is 1.18 bits per heavy atom. The van der Waals surface area contributed by atoms with Crippen molar-refractivity contribution in [1.82, 2.24) is 9.47 Å². The van der Waals surface area contributed by atoms with E-state index in [1.807, 2.05) is 6.07 Å². The summed E-state index contributed by atoms with van der Waals surface area (Å²) in [6.45, 7) is 4.79. The molecule has 0 radical (unpaired) electrons. The number of nitrogens with zero attached hydrogens (tertiary/aromatic N) is 3. The van der Waals surface area contributed by atoms with Crippen LogP contribution in [0, 0.1) is 11.8 Å². The first-order valence-electron chi connectivity index (χ1n) is 8.29. The van der Waals surface area contributed by atoms with Crippen molar-refractivity contribution in [1.29, 1.82) is 0 Å². The number of aryl methyl sites for hydroxylation is 1. The summed E-state index contributed by atoms with van der Waals surface area (Å²) >= 11 is 0. The third-order valence-electron chi connectivity index (χ3n) is 6.15. The van der Waals surface area contributed by atoms with Crippen LogP contribution in [-0.4, -0.2) is 48.0 Å². The van der Waals surface area contributed by atoms with Gasteiger partial charge in [-0.1, -0.05) is 18.2 Å². The summed E-state index contributed by atoms with van der Waals surface area (Å²) in [6.07, 6.45) is 2.38. The second-order valence-electron chi connectivity index (χ2n) is 7.12. The largest absolute Gasteiger partial charge is 0.352 e. The molecular weight excluding hydrogens is 274 g/mol. The van der Waals surface area contributed by atoms with Crippen LogP contribution in [0.3, 0.4) is 0 Å². The van der Waals surface area contributed by atoms with Crippen LogP contribution in [0.5, 0.6) is 0 Å². The van der Waals surface area contributed by atoms with Gasteiger partial charge in [0.1, 0.15) is 5.82 Å². The maximum Gasteiger partial charge on any atom is 0.154 e. The van der Waals surface area contributed by atoms with E-state index in [2.05, 4.69) is 39.6 Å². The van der Waals surface area contributed by atoms with Gasteiger partial charge in [0.15, 0.2) is 6.29 Å². The smallest absolute Gasteiger partial charge is 0.154 e. The zero-order valence-electron chi connectivity index (χ0n) is 12.9. The molecule has 4 heteroatoms. The zero-order valence-corrected chi connectivity index (χ0v) is 12.9. The lowest BCUT2D eigenvalue weighted by Crippen LogP contribution is -2.54. The molecule has 0 aliphatic carbocycles. The predicted octanol–water partition coefficient (Wildman–Crippen LogP) is 2.13. The molecule has 6 rings (SSSR count). The van der Waals surface area contributed by atoms with Gasteiger partial charge in [0.25, 0.3) is 0 Å². The molecule has 4 aliphatic rings. The lowest BCUT2D eigenvalue weighted by Gasteiger charge is -2.44. The molecule has 0 amide bonds. The molecule has 1 aromatic heterocycles. The average molecular weight is 295 g/mol. The highest BCUT2D eigenvalue weighted by Gasteiger charge is 2.50. The number of rotatable bonds is 2. The fourth-order valence-corrected chi connectivity index (χ4v) is 5.23. The van der Waals surface area contributed by atoms with Gasteiger partial charge in [-0.15, -0.1) is 0 Å². The Balaban J connectivity index is 1.68. The van der Waals surface area contributed by atoms with Crippen LogP contribution in [-0.2, 0) is 7.05 Å². The van der Waals surface area contributed by atoms with Crippen molar-refractivity contribution in [3.8, 4) is 0 Å². The second kappa shape index (κ2) is 4.35. The van der Waals surface area contributed by atoms with Crippen molar-refractivity contribution in [3.63, 3.8) is 0 Å². The molecule has 4 bridgehead atoms. The van der Waals surface area contributed by atoms with Gasteiger partial charge in [0.2, 0.25) is 0 Å². The SMILES string of the molecule is Cn1c(N2C[C@H]3C[N@]4CC[C@H]3[C@H]2C4)c(C=O)c2ccccc21. The normalized spacial score (nSPS) is 32.9. The molecule has 0 N–H and O–H groups in total. The van der Waals surface area contributed by atoms with Gasteiger partial charge in [-0.25, -0.2) is 0 Å². The minimum atomic E-state index is 0.592. The van der Waals surface area contributed by atoms with Crippen LogP contribution in [0.15, 0.2) is 24.3 Å². The zero-order chi connectivity index (χ0) is 14.8. The minimum absolute atomic E-state index is 0.592. The minimum Gasteiger partial charge on any atom is -0.352 e. The Morgan fingerprint density at radius 3 is 2.82 bits per heavy atom. The molecule has 4 atom stereocenters. The second-order valence-corrected chi connectivity index (χ2v) is 7.12. The number of piperidine rings is 3. The van der Waals surface area contributed by atoms with E-state index < -0.39 is 0 Å². The molecule has 4 saturated heterocycles. The molecule has 1 aromatic carbocycles. The number of aldehydes is 1. The molecule has 0 unspecified atom stereocenters. The van der Waals surface area contributed by atoms with Crippen molar-refractivity contribution in [2.45, 2.75) is 12.5 Å². The number of fused-ring (bicyclic) bond motifs is 2. The van der Waals surface area contributed by atoms with E-state index >= 15 is 0 Å². The van der Waals surface area contributed by atoms with E-state index in [9.17, 15) is 4.79 Å². The number of hydrogen-bond acceptors (Lipinski definition) is 3. The van der Waals surface area contributed by atoms with E-state index in [0.717, 1.165) is 47.0 Å². The molecule has 22 heavy (non-hydrogen) atoms. The standard InChI is InChI=1S/C18H21N3O/c1-19-16-5-3-2-4-14(16)15(11-22)18(19)21-9-12-8-20-7-6-13(12)17(21)10-20/h2-5,11-13,17H,6-10H2,1H3/t12-,13-,17-/m1/s1. The van der Waals surface area contributed by atoms with Crippen molar-refractivity contribution >= 4 is 23.0 Å². The summed E-state index contributed by atoms with van der Waals surface area (Å²) in [5.74, 6) is 2.74. The predicted molar refractivity (Wildman–Crippen MR) is 87.5 cm³/mol. The van der Waals surface area contributed by atoms with Gasteiger partial charge in [-0.3, -0.25) is 4.79 Å². The van der Waals surface area contributed by atoms with Gasteiger partial charge in [-0.2, -0.15) is 0 Å². The first-order valence-corrected chi connectivity index (χ1v) is 8.29. The van der Waals surface area contributed by atoms with Crippen LogP contribution in [0.25, 0.3) is 10.9 Å². The highest BCUT2D eigenvalue weighted by Crippen LogP contribution is 2.45. The van der Waals surface area contributed by atoms with E-state index in [1.54, 1.807) is 0 Å². The first-order chi connectivity index (χ1) is 10.8. The Kier molecular flexibility index (Phi) is 2.51. The topological polar surface area (TPSA) is 28.5 Å². The Morgan fingerprint density at radius 2 is 2.05 bits per heavy atom. The fraction of sp³-hybridized carbons (Fsp3) is 0.500. The highest BCUT2D eigenvalue weighted by molar-refractivity contribution is 6.04. The molecule has 0 saturated carbocycles. The number of aromatic nitrogens is 1.